The van der Waals surface area contributed by atoms with E-state index in [0.29, 0.717) is 12.2 Å². The Kier molecular flexibility index (Phi) is 6.40. The zero-order valence-corrected chi connectivity index (χ0v) is 16.4. The monoisotopic (exact) mass is 378 g/mol. The number of nitrogens with one attached hydrogen (secondary N) is 1. The van der Waals surface area contributed by atoms with Gasteiger partial charge in [0, 0.05) is 18.8 Å². The second kappa shape index (κ2) is 9.35. The van der Waals surface area contributed by atoms with Gasteiger partial charge in [0.1, 0.15) is 6.04 Å². The van der Waals surface area contributed by atoms with Gasteiger partial charge in [0.15, 0.2) is 0 Å². The van der Waals surface area contributed by atoms with Crippen LogP contribution in [0.3, 0.4) is 0 Å². The van der Waals surface area contributed by atoms with Crippen molar-refractivity contribution in [3.63, 3.8) is 0 Å². The molecule has 2 aromatic carbocycles. The van der Waals surface area contributed by atoms with Gasteiger partial charge in [0.25, 0.3) is 0 Å². The van der Waals surface area contributed by atoms with Gasteiger partial charge >= 0.3 is 0 Å². The number of para-hydroxylation sites is 1. The van der Waals surface area contributed by atoms with E-state index in [4.69, 9.17) is 4.74 Å². The molecule has 4 rings (SSSR count). The number of nitrogens with zero attached hydrogens (tertiary/aromatic N) is 1. The Bertz CT molecular complexity index is 736. The lowest BCUT2D eigenvalue weighted by atomic mass is 9.99. The van der Waals surface area contributed by atoms with E-state index >= 15 is 0 Å². The Morgan fingerprint density at radius 3 is 2.07 bits per heavy atom. The fourth-order valence-corrected chi connectivity index (χ4v) is 4.46. The van der Waals surface area contributed by atoms with Crippen molar-refractivity contribution in [2.75, 3.05) is 18.4 Å². The summed E-state index contributed by atoms with van der Waals surface area (Å²) in [6.07, 6.45) is 7.84. The molecule has 2 aliphatic rings. The summed E-state index contributed by atoms with van der Waals surface area (Å²) in [5.74, 6) is 0.0348. The van der Waals surface area contributed by atoms with E-state index in [1.165, 1.54) is 25.7 Å². The molecule has 0 bridgehead atoms. The highest BCUT2D eigenvalue weighted by Gasteiger charge is 2.32. The molecule has 1 saturated carbocycles. The molecule has 1 atom stereocenters. The van der Waals surface area contributed by atoms with Crippen molar-refractivity contribution in [1.82, 2.24) is 4.90 Å². The third-order valence-electron chi connectivity index (χ3n) is 5.93. The van der Waals surface area contributed by atoms with Gasteiger partial charge in [-0.15, -0.1) is 0 Å². The van der Waals surface area contributed by atoms with E-state index < -0.39 is 0 Å². The summed E-state index contributed by atoms with van der Waals surface area (Å²) in [5.41, 5.74) is 1.89. The number of carbonyl (C=O) groups is 1. The van der Waals surface area contributed by atoms with Crippen LogP contribution in [-0.4, -0.2) is 36.1 Å². The second-order valence-corrected chi connectivity index (χ2v) is 7.95. The number of hydrogen-bond donors (Lipinski definition) is 1. The minimum absolute atomic E-state index is 0.0348. The highest BCUT2D eigenvalue weighted by atomic mass is 16.5. The summed E-state index contributed by atoms with van der Waals surface area (Å²) in [7, 11) is 0. The summed E-state index contributed by atoms with van der Waals surface area (Å²) in [6.45, 7) is 1.78. The lowest BCUT2D eigenvalue weighted by Crippen LogP contribution is -2.44. The lowest BCUT2D eigenvalue weighted by Gasteiger charge is -2.37. The van der Waals surface area contributed by atoms with E-state index in [1.54, 1.807) is 0 Å². The predicted molar refractivity (Wildman–Crippen MR) is 112 cm³/mol. The summed E-state index contributed by atoms with van der Waals surface area (Å²) in [5, 5.41) is 3.10. The van der Waals surface area contributed by atoms with Gasteiger partial charge in [-0.2, -0.15) is 0 Å². The Hall–Kier alpha value is -2.17. The highest BCUT2D eigenvalue weighted by Crippen LogP contribution is 2.29. The third kappa shape index (κ3) is 4.81. The molecule has 148 valence electrons. The van der Waals surface area contributed by atoms with Gasteiger partial charge in [-0.3, -0.25) is 9.69 Å². The Morgan fingerprint density at radius 2 is 1.43 bits per heavy atom. The molecule has 4 nitrogen and oxygen atoms in total. The van der Waals surface area contributed by atoms with Crippen LogP contribution in [0, 0.1) is 0 Å². The standard InChI is InChI=1S/C24H30N2O2/c27-24(25-20-11-5-2-6-12-20)23(19-9-3-1-4-10-19)26-17-15-22(16-18-26)28-21-13-7-8-14-21/h1-6,9-12,21-23H,7-8,13-18H2,(H,25,27). The van der Waals surface area contributed by atoms with Crippen LogP contribution in [0.4, 0.5) is 5.69 Å². The number of likely N-dealkylation sites (tertiary alicyclic amines) is 1. The van der Waals surface area contributed by atoms with Gasteiger partial charge in [0.05, 0.1) is 12.2 Å². The summed E-state index contributed by atoms with van der Waals surface area (Å²) < 4.78 is 6.31. The summed E-state index contributed by atoms with van der Waals surface area (Å²) in [6, 6.07) is 19.6. The van der Waals surface area contributed by atoms with Crippen LogP contribution in [0.15, 0.2) is 60.7 Å². The van der Waals surface area contributed by atoms with Gasteiger partial charge in [-0.1, -0.05) is 61.4 Å². The molecule has 0 spiro atoms. The van der Waals surface area contributed by atoms with Gasteiger partial charge in [0.2, 0.25) is 5.91 Å². The highest BCUT2D eigenvalue weighted by molar-refractivity contribution is 5.95. The number of anilines is 1. The maximum Gasteiger partial charge on any atom is 0.246 e. The maximum absolute atomic E-state index is 13.2. The SMILES string of the molecule is O=C(Nc1ccccc1)C(c1ccccc1)N1CCC(OC2CCCC2)CC1. The van der Waals surface area contributed by atoms with Crippen LogP contribution in [0.1, 0.15) is 50.1 Å². The van der Waals surface area contributed by atoms with Crippen molar-refractivity contribution < 1.29 is 9.53 Å². The molecule has 1 amide bonds. The topological polar surface area (TPSA) is 41.6 Å². The van der Waals surface area contributed by atoms with Crippen molar-refractivity contribution in [3.8, 4) is 0 Å². The molecule has 1 saturated heterocycles. The molecule has 0 aromatic heterocycles. The molecule has 28 heavy (non-hydrogen) atoms. The Balaban J connectivity index is 1.43. The number of ether oxygens (including phenoxy) is 1. The van der Waals surface area contributed by atoms with Crippen LogP contribution < -0.4 is 5.32 Å². The van der Waals surface area contributed by atoms with Crippen molar-refractivity contribution >= 4 is 11.6 Å². The quantitative estimate of drug-likeness (QED) is 0.786. The van der Waals surface area contributed by atoms with Gasteiger partial charge < -0.3 is 10.1 Å². The Labute approximate surface area is 167 Å². The zero-order chi connectivity index (χ0) is 19.2. The average molecular weight is 379 g/mol. The largest absolute Gasteiger partial charge is 0.375 e. The number of piperidine rings is 1. The lowest BCUT2D eigenvalue weighted by molar-refractivity contribution is -0.123. The van der Waals surface area contributed by atoms with Crippen LogP contribution in [-0.2, 0) is 9.53 Å². The fourth-order valence-electron chi connectivity index (χ4n) is 4.46. The molecule has 1 heterocycles. The van der Waals surface area contributed by atoms with Crippen LogP contribution in [0.5, 0.6) is 0 Å². The van der Waals surface area contributed by atoms with Gasteiger partial charge in [-0.05, 0) is 43.4 Å². The van der Waals surface area contributed by atoms with E-state index in [9.17, 15) is 4.79 Å². The minimum Gasteiger partial charge on any atom is -0.375 e. The molecule has 1 N–H and O–H groups in total. The number of hydrogen-bond acceptors (Lipinski definition) is 3. The molecular formula is C24H30N2O2. The molecule has 4 heteroatoms. The van der Waals surface area contributed by atoms with E-state index in [-0.39, 0.29) is 11.9 Å². The molecule has 0 radical (unpaired) electrons. The normalized spacial score (nSPS) is 20.1. The van der Waals surface area contributed by atoms with E-state index in [0.717, 1.165) is 37.2 Å². The number of carbonyl (C=O) groups excluding carboxylic acids is 1. The second-order valence-electron chi connectivity index (χ2n) is 7.95. The van der Waals surface area contributed by atoms with E-state index in [1.807, 2.05) is 48.5 Å². The average Bonchev–Trinajstić information content (AvgIpc) is 3.24. The van der Waals surface area contributed by atoms with Crippen LogP contribution >= 0.6 is 0 Å². The first-order valence-corrected chi connectivity index (χ1v) is 10.6. The third-order valence-corrected chi connectivity index (χ3v) is 5.93. The summed E-state index contributed by atoms with van der Waals surface area (Å²) >= 11 is 0. The molecular weight excluding hydrogens is 348 g/mol. The minimum atomic E-state index is -0.270. The molecule has 1 aliphatic carbocycles. The Morgan fingerprint density at radius 1 is 0.857 bits per heavy atom. The van der Waals surface area contributed by atoms with Crippen molar-refractivity contribution in [1.29, 1.82) is 0 Å². The summed E-state index contributed by atoms with van der Waals surface area (Å²) in [4.78, 5) is 15.5. The number of benzene rings is 2. The van der Waals surface area contributed by atoms with Crippen molar-refractivity contribution in [2.24, 2.45) is 0 Å². The molecule has 1 unspecified atom stereocenters. The van der Waals surface area contributed by atoms with Crippen molar-refractivity contribution in [3.05, 3.63) is 66.2 Å². The van der Waals surface area contributed by atoms with Gasteiger partial charge in [-0.25, -0.2) is 0 Å². The smallest absolute Gasteiger partial charge is 0.246 e. The number of rotatable bonds is 6. The molecule has 2 fully saturated rings. The molecule has 1 aliphatic heterocycles. The van der Waals surface area contributed by atoms with Crippen LogP contribution in [0.25, 0.3) is 0 Å². The van der Waals surface area contributed by atoms with Crippen LogP contribution in [0.2, 0.25) is 0 Å². The number of amides is 1. The van der Waals surface area contributed by atoms with Crippen molar-refractivity contribution in [2.45, 2.75) is 56.8 Å². The maximum atomic E-state index is 13.2. The zero-order valence-electron chi connectivity index (χ0n) is 16.4. The molecule has 2 aromatic rings. The first kappa shape index (κ1) is 19.2. The first-order chi connectivity index (χ1) is 13.8. The predicted octanol–water partition coefficient (Wildman–Crippen LogP) is 4.79. The first-order valence-electron chi connectivity index (χ1n) is 10.6. The fraction of sp³-hybridized carbons (Fsp3) is 0.458. The van der Waals surface area contributed by atoms with E-state index in [2.05, 4.69) is 22.3 Å².